The van der Waals surface area contributed by atoms with Crippen molar-refractivity contribution in [2.24, 2.45) is 0 Å². The monoisotopic (exact) mass is 392 g/mol. The van der Waals surface area contributed by atoms with Gasteiger partial charge in [-0.2, -0.15) is 0 Å². The number of hydrogen-bond donors (Lipinski definition) is 0. The van der Waals surface area contributed by atoms with Crippen molar-refractivity contribution in [3.8, 4) is 5.75 Å². The van der Waals surface area contributed by atoms with Crippen molar-refractivity contribution in [3.05, 3.63) is 62.9 Å². The lowest BCUT2D eigenvalue weighted by Gasteiger charge is -2.18. The van der Waals surface area contributed by atoms with Crippen molar-refractivity contribution in [1.82, 2.24) is 0 Å². The lowest BCUT2D eigenvalue weighted by atomic mass is 9.96. The lowest BCUT2D eigenvalue weighted by Crippen LogP contribution is -2.12. The fourth-order valence-electron chi connectivity index (χ4n) is 2.47. The Morgan fingerprint density at radius 2 is 1.79 bits per heavy atom. The van der Waals surface area contributed by atoms with Crippen molar-refractivity contribution in [2.75, 3.05) is 0 Å². The standard InChI is InChI=1S/C19H18BrFO3/c1-4-14(23)15-11(2)18(21)16(12(3)22)17(20)19(15)24-10-13-8-6-5-7-9-13/h5-9H,4,10H2,1-3H3. The highest BCUT2D eigenvalue weighted by Crippen LogP contribution is 2.38. The second-order valence-electron chi connectivity index (χ2n) is 5.44. The molecule has 0 N–H and O–H groups in total. The maximum atomic E-state index is 14.6. The number of carbonyl (C=O) groups excluding carboxylic acids is 2. The molecule has 0 amide bonds. The van der Waals surface area contributed by atoms with Gasteiger partial charge in [0.1, 0.15) is 18.2 Å². The predicted octanol–water partition coefficient (Wildman–Crippen LogP) is 5.27. The molecule has 2 rings (SSSR count). The minimum absolute atomic E-state index is 0.0942. The molecule has 0 saturated carbocycles. The Morgan fingerprint density at radius 1 is 1.17 bits per heavy atom. The van der Waals surface area contributed by atoms with Crippen molar-refractivity contribution >= 4 is 27.5 Å². The Bertz CT molecular complexity index is 785. The van der Waals surface area contributed by atoms with Crippen molar-refractivity contribution < 1.29 is 18.7 Å². The van der Waals surface area contributed by atoms with Gasteiger partial charge < -0.3 is 4.74 Å². The summed E-state index contributed by atoms with van der Waals surface area (Å²) in [6.45, 7) is 4.69. The molecular formula is C19H18BrFO3. The number of rotatable bonds is 6. The highest BCUT2D eigenvalue weighted by molar-refractivity contribution is 9.10. The molecule has 24 heavy (non-hydrogen) atoms. The fourth-order valence-corrected chi connectivity index (χ4v) is 3.24. The van der Waals surface area contributed by atoms with E-state index in [1.807, 2.05) is 30.3 Å². The minimum atomic E-state index is -0.682. The summed E-state index contributed by atoms with van der Waals surface area (Å²) in [5, 5.41) is 0. The van der Waals surface area contributed by atoms with Gasteiger partial charge in [0, 0.05) is 12.0 Å². The number of Topliss-reactive ketones (excluding diaryl/α,β-unsaturated/α-hetero) is 2. The summed E-state index contributed by atoms with van der Waals surface area (Å²) >= 11 is 3.25. The predicted molar refractivity (Wildman–Crippen MR) is 94.2 cm³/mol. The number of hydrogen-bond acceptors (Lipinski definition) is 3. The van der Waals surface area contributed by atoms with E-state index in [1.165, 1.54) is 13.8 Å². The van der Waals surface area contributed by atoms with Crippen LogP contribution in [0.3, 0.4) is 0 Å². The number of ketones is 2. The first kappa shape index (κ1) is 18.3. The first-order valence-electron chi connectivity index (χ1n) is 7.60. The van der Waals surface area contributed by atoms with Gasteiger partial charge in [-0.3, -0.25) is 9.59 Å². The minimum Gasteiger partial charge on any atom is -0.487 e. The van der Waals surface area contributed by atoms with Crippen LogP contribution in [0.25, 0.3) is 0 Å². The normalized spacial score (nSPS) is 10.5. The molecule has 0 aliphatic carbocycles. The Labute approximate surface area is 149 Å². The Kier molecular flexibility index (Phi) is 5.89. The summed E-state index contributed by atoms with van der Waals surface area (Å²) in [7, 11) is 0. The Balaban J connectivity index is 2.58. The van der Waals surface area contributed by atoms with E-state index in [0.29, 0.717) is 0 Å². The van der Waals surface area contributed by atoms with Crippen LogP contribution in [0.5, 0.6) is 5.75 Å². The van der Waals surface area contributed by atoms with E-state index in [2.05, 4.69) is 15.9 Å². The van der Waals surface area contributed by atoms with Crippen LogP contribution in [0.4, 0.5) is 4.39 Å². The zero-order valence-corrected chi connectivity index (χ0v) is 15.4. The van der Waals surface area contributed by atoms with Crippen LogP contribution in [0, 0.1) is 12.7 Å². The first-order chi connectivity index (χ1) is 11.4. The van der Waals surface area contributed by atoms with Crippen LogP contribution >= 0.6 is 15.9 Å². The van der Waals surface area contributed by atoms with Gasteiger partial charge in [-0.1, -0.05) is 37.3 Å². The highest BCUT2D eigenvalue weighted by atomic mass is 79.9. The molecule has 0 unspecified atom stereocenters. The second kappa shape index (κ2) is 7.71. The number of ether oxygens (including phenoxy) is 1. The van der Waals surface area contributed by atoms with Gasteiger partial charge >= 0.3 is 0 Å². The molecular weight excluding hydrogens is 375 g/mol. The molecule has 0 spiro atoms. The van der Waals surface area contributed by atoms with Crippen molar-refractivity contribution in [2.45, 2.75) is 33.8 Å². The van der Waals surface area contributed by atoms with Gasteiger partial charge in [0.25, 0.3) is 0 Å². The van der Waals surface area contributed by atoms with E-state index in [4.69, 9.17) is 4.74 Å². The third-order valence-corrected chi connectivity index (χ3v) is 4.50. The molecule has 0 aliphatic rings. The van der Waals surface area contributed by atoms with Crippen LogP contribution in [0.15, 0.2) is 34.8 Å². The molecule has 2 aromatic rings. The Morgan fingerprint density at radius 3 is 2.33 bits per heavy atom. The zero-order valence-electron chi connectivity index (χ0n) is 13.8. The molecule has 0 aliphatic heterocycles. The van der Waals surface area contributed by atoms with Crippen molar-refractivity contribution in [1.29, 1.82) is 0 Å². The SMILES string of the molecule is CCC(=O)c1c(C)c(F)c(C(C)=O)c(Br)c1OCc1ccccc1. The van der Waals surface area contributed by atoms with Gasteiger partial charge in [-0.05, 0) is 35.3 Å². The third kappa shape index (κ3) is 3.56. The van der Waals surface area contributed by atoms with Crippen LogP contribution in [0.1, 0.15) is 52.1 Å². The molecule has 0 bridgehead atoms. The summed E-state index contributed by atoms with van der Waals surface area (Å²) in [6, 6.07) is 9.42. The van der Waals surface area contributed by atoms with Crippen molar-refractivity contribution in [3.63, 3.8) is 0 Å². The second-order valence-corrected chi connectivity index (χ2v) is 6.23. The molecule has 5 heteroatoms. The van der Waals surface area contributed by atoms with E-state index in [9.17, 15) is 14.0 Å². The average molecular weight is 393 g/mol. The van der Waals surface area contributed by atoms with E-state index in [-0.39, 0.29) is 45.7 Å². The zero-order chi connectivity index (χ0) is 17.9. The van der Waals surface area contributed by atoms with Gasteiger partial charge in [0.05, 0.1) is 15.6 Å². The van der Waals surface area contributed by atoms with Gasteiger partial charge in [0.15, 0.2) is 11.6 Å². The molecule has 126 valence electrons. The largest absolute Gasteiger partial charge is 0.487 e. The Hall–Kier alpha value is -2.01. The molecule has 0 atom stereocenters. The third-order valence-electron chi connectivity index (χ3n) is 3.75. The smallest absolute Gasteiger partial charge is 0.166 e. The molecule has 0 saturated heterocycles. The van der Waals surface area contributed by atoms with Gasteiger partial charge in [-0.15, -0.1) is 0 Å². The topological polar surface area (TPSA) is 43.4 Å². The molecule has 2 aromatic carbocycles. The summed E-state index contributed by atoms with van der Waals surface area (Å²) in [5.74, 6) is -1.12. The molecule has 0 heterocycles. The van der Waals surface area contributed by atoms with E-state index in [1.54, 1.807) is 6.92 Å². The maximum absolute atomic E-state index is 14.6. The van der Waals surface area contributed by atoms with Crippen LogP contribution in [-0.4, -0.2) is 11.6 Å². The quantitative estimate of drug-likeness (QED) is 0.628. The number of halogens is 2. The molecule has 0 aromatic heterocycles. The highest BCUT2D eigenvalue weighted by Gasteiger charge is 2.27. The van der Waals surface area contributed by atoms with Gasteiger partial charge in [-0.25, -0.2) is 4.39 Å². The first-order valence-corrected chi connectivity index (χ1v) is 8.40. The van der Waals surface area contributed by atoms with Crippen LogP contribution in [-0.2, 0) is 6.61 Å². The average Bonchev–Trinajstić information content (AvgIpc) is 2.57. The summed E-state index contributed by atoms with van der Waals surface area (Å²) < 4.78 is 20.6. The lowest BCUT2D eigenvalue weighted by molar-refractivity contribution is 0.0975. The number of benzene rings is 2. The van der Waals surface area contributed by atoms with Crippen LogP contribution in [0.2, 0.25) is 0 Å². The van der Waals surface area contributed by atoms with Crippen LogP contribution < -0.4 is 4.74 Å². The molecule has 3 nitrogen and oxygen atoms in total. The van der Waals surface area contributed by atoms with E-state index >= 15 is 0 Å². The fraction of sp³-hybridized carbons (Fsp3) is 0.263. The summed E-state index contributed by atoms with van der Waals surface area (Å²) in [4.78, 5) is 24.1. The number of carbonyl (C=O) groups is 2. The molecule has 0 fully saturated rings. The van der Waals surface area contributed by atoms with E-state index < -0.39 is 11.6 Å². The molecule has 0 radical (unpaired) electrons. The maximum Gasteiger partial charge on any atom is 0.166 e. The summed E-state index contributed by atoms with van der Waals surface area (Å²) in [6.07, 6.45) is 0.216. The van der Waals surface area contributed by atoms with E-state index in [0.717, 1.165) is 5.56 Å². The van der Waals surface area contributed by atoms with Gasteiger partial charge in [0.2, 0.25) is 0 Å². The summed E-state index contributed by atoms with van der Waals surface area (Å²) in [5.41, 5.74) is 1.13.